The van der Waals surface area contributed by atoms with Crippen molar-refractivity contribution in [3.05, 3.63) is 100 Å². The molecular weight excluding hydrogens is 366 g/mol. The van der Waals surface area contributed by atoms with Gasteiger partial charge in [-0.15, -0.1) is 0 Å². The summed E-state index contributed by atoms with van der Waals surface area (Å²) in [5, 5.41) is 12.3. The van der Waals surface area contributed by atoms with Crippen LogP contribution in [0.1, 0.15) is 30.7 Å². The molecule has 0 fully saturated rings. The van der Waals surface area contributed by atoms with Crippen molar-refractivity contribution in [3.8, 4) is 5.75 Å². The summed E-state index contributed by atoms with van der Waals surface area (Å²) in [6.45, 7) is 4.20. The average molecular weight is 389 g/mol. The summed E-state index contributed by atoms with van der Waals surface area (Å²) in [5.74, 6) is 0.746. The zero-order valence-corrected chi connectivity index (χ0v) is 16.5. The van der Waals surface area contributed by atoms with Crippen LogP contribution >= 0.6 is 0 Å². The minimum atomic E-state index is -0.887. The largest absolute Gasteiger partial charge is 0.482 e. The number of nitrogens with zero attached hydrogens (tertiary/aromatic N) is 1. The molecule has 4 aromatic rings. The quantitative estimate of drug-likeness (QED) is 0.529. The lowest BCUT2D eigenvalue weighted by atomic mass is 9.97. The van der Waals surface area contributed by atoms with Crippen LogP contribution in [0.5, 0.6) is 5.75 Å². The molecule has 2 aromatic heterocycles. The molecule has 5 nitrogen and oxygen atoms in total. The smallest absolute Gasteiger partial charge is 0.227 e. The van der Waals surface area contributed by atoms with E-state index in [0.717, 1.165) is 21.9 Å². The second-order valence-electron chi connectivity index (χ2n) is 7.68. The van der Waals surface area contributed by atoms with Gasteiger partial charge in [-0.2, -0.15) is 0 Å². The number of hydrogen-bond donors (Lipinski definition) is 1. The monoisotopic (exact) mass is 389 g/mol. The molecule has 0 aliphatic carbocycles. The van der Waals surface area contributed by atoms with Crippen molar-refractivity contribution in [1.82, 2.24) is 4.57 Å². The number of ether oxygens (including phenoxy) is 1. The number of hydrogen-bond acceptors (Lipinski definition) is 4. The minimum absolute atomic E-state index is 0.179. The summed E-state index contributed by atoms with van der Waals surface area (Å²) in [4.78, 5) is 12.4. The highest BCUT2D eigenvalue weighted by Gasteiger charge is 2.15. The van der Waals surface area contributed by atoms with E-state index < -0.39 is 5.60 Å². The maximum absolute atomic E-state index is 12.4. The van der Waals surface area contributed by atoms with Crippen LogP contribution in [0, 0.1) is 0 Å². The van der Waals surface area contributed by atoms with Crippen LogP contribution in [-0.2, 0) is 18.8 Å². The zero-order chi connectivity index (χ0) is 20.4. The number of aromatic nitrogens is 1. The Morgan fingerprint density at radius 2 is 1.69 bits per heavy atom. The van der Waals surface area contributed by atoms with Crippen LogP contribution in [-0.4, -0.2) is 9.67 Å². The second-order valence-corrected chi connectivity index (χ2v) is 7.68. The van der Waals surface area contributed by atoms with Crippen LogP contribution in [0.4, 0.5) is 0 Å². The second kappa shape index (κ2) is 7.60. The maximum atomic E-state index is 12.4. The Morgan fingerprint density at radius 1 is 1.03 bits per heavy atom. The number of aliphatic hydroxyl groups is 1. The predicted octanol–water partition coefficient (Wildman–Crippen LogP) is 4.45. The highest BCUT2D eigenvalue weighted by Crippen LogP contribution is 2.20. The first-order chi connectivity index (χ1) is 13.9. The molecule has 0 radical (unpaired) electrons. The molecule has 148 valence electrons. The molecule has 0 atom stereocenters. The van der Waals surface area contributed by atoms with E-state index in [4.69, 9.17) is 9.15 Å². The molecule has 0 bridgehead atoms. The van der Waals surface area contributed by atoms with Gasteiger partial charge in [-0.1, -0.05) is 48.5 Å². The van der Waals surface area contributed by atoms with E-state index in [1.165, 1.54) is 12.3 Å². The highest BCUT2D eigenvalue weighted by atomic mass is 16.5. The van der Waals surface area contributed by atoms with Gasteiger partial charge in [0.1, 0.15) is 18.6 Å². The van der Waals surface area contributed by atoms with Crippen molar-refractivity contribution in [2.45, 2.75) is 32.6 Å². The Kier molecular flexibility index (Phi) is 4.99. The molecule has 0 saturated carbocycles. The third-order valence-electron chi connectivity index (χ3n) is 4.85. The number of benzene rings is 2. The molecule has 2 aromatic carbocycles. The Bertz CT molecular complexity index is 1150. The third kappa shape index (κ3) is 4.41. The molecule has 0 unspecified atom stereocenters. The van der Waals surface area contributed by atoms with Crippen molar-refractivity contribution < 1.29 is 14.3 Å². The number of fused-ring (bicyclic) bond motifs is 1. The van der Waals surface area contributed by atoms with Crippen LogP contribution in [0.25, 0.3) is 10.8 Å². The molecule has 0 aliphatic heterocycles. The molecule has 0 saturated heterocycles. The Balaban J connectivity index is 1.42. The molecule has 2 heterocycles. The van der Waals surface area contributed by atoms with E-state index in [1.54, 1.807) is 13.8 Å². The topological polar surface area (TPSA) is 64.6 Å². The summed E-state index contributed by atoms with van der Waals surface area (Å²) in [6.07, 6.45) is 5.42. The van der Waals surface area contributed by atoms with Gasteiger partial charge in [0.25, 0.3) is 0 Å². The van der Waals surface area contributed by atoms with E-state index in [-0.39, 0.29) is 17.8 Å². The van der Waals surface area contributed by atoms with Gasteiger partial charge in [0.15, 0.2) is 0 Å². The SMILES string of the molecule is CC(C)(O)c1ccc(COc2coc(Cn3cc4ccccc4c3)cc2=O)cc1. The molecule has 0 spiro atoms. The fourth-order valence-corrected chi connectivity index (χ4v) is 3.21. The lowest BCUT2D eigenvalue weighted by Crippen LogP contribution is -2.15. The standard InChI is InChI=1S/C24H23NO4/c1-24(2,27)20-9-7-17(8-10-20)15-29-23-16-28-21(11-22(23)26)14-25-12-18-5-3-4-6-19(18)13-25/h3-13,16,27H,14-15H2,1-2H3. The third-order valence-corrected chi connectivity index (χ3v) is 4.85. The lowest BCUT2D eigenvalue weighted by molar-refractivity contribution is 0.0785. The fourth-order valence-electron chi connectivity index (χ4n) is 3.21. The molecule has 5 heteroatoms. The van der Waals surface area contributed by atoms with E-state index in [2.05, 4.69) is 0 Å². The fraction of sp³-hybridized carbons (Fsp3) is 0.208. The number of rotatable bonds is 6. The van der Waals surface area contributed by atoms with Gasteiger partial charge in [0, 0.05) is 18.5 Å². The Labute approximate surface area is 168 Å². The Hall–Kier alpha value is -3.31. The first kappa shape index (κ1) is 19.0. The van der Waals surface area contributed by atoms with Crippen LogP contribution in [0.2, 0.25) is 0 Å². The van der Waals surface area contributed by atoms with Gasteiger partial charge < -0.3 is 18.8 Å². The van der Waals surface area contributed by atoms with E-state index in [9.17, 15) is 9.90 Å². The normalized spacial score (nSPS) is 11.7. The van der Waals surface area contributed by atoms with Gasteiger partial charge >= 0.3 is 0 Å². The summed E-state index contributed by atoms with van der Waals surface area (Å²) in [6, 6.07) is 17.0. The first-order valence-electron chi connectivity index (χ1n) is 9.49. The molecular formula is C24H23NO4. The van der Waals surface area contributed by atoms with Crippen LogP contribution in [0.15, 0.2) is 82.5 Å². The highest BCUT2D eigenvalue weighted by molar-refractivity contribution is 5.82. The predicted molar refractivity (Wildman–Crippen MR) is 112 cm³/mol. The minimum Gasteiger partial charge on any atom is -0.482 e. The summed E-state index contributed by atoms with van der Waals surface area (Å²) in [7, 11) is 0. The summed E-state index contributed by atoms with van der Waals surface area (Å²) >= 11 is 0. The molecule has 0 amide bonds. The van der Waals surface area contributed by atoms with Crippen molar-refractivity contribution in [2.75, 3.05) is 0 Å². The van der Waals surface area contributed by atoms with E-state index in [0.29, 0.717) is 12.3 Å². The maximum Gasteiger partial charge on any atom is 0.227 e. The summed E-state index contributed by atoms with van der Waals surface area (Å²) in [5.41, 5.74) is 0.626. The van der Waals surface area contributed by atoms with Crippen molar-refractivity contribution in [1.29, 1.82) is 0 Å². The van der Waals surface area contributed by atoms with Crippen LogP contribution in [0.3, 0.4) is 0 Å². The van der Waals surface area contributed by atoms with E-state index in [1.807, 2.05) is 65.5 Å². The van der Waals surface area contributed by atoms with Crippen molar-refractivity contribution >= 4 is 10.8 Å². The lowest BCUT2D eigenvalue weighted by Gasteiger charge is -2.17. The first-order valence-corrected chi connectivity index (χ1v) is 9.49. The average Bonchev–Trinajstić information content (AvgIpc) is 3.09. The van der Waals surface area contributed by atoms with Gasteiger partial charge in [0.05, 0.1) is 12.1 Å². The van der Waals surface area contributed by atoms with Gasteiger partial charge in [0.2, 0.25) is 11.2 Å². The van der Waals surface area contributed by atoms with Crippen molar-refractivity contribution in [2.24, 2.45) is 0 Å². The molecule has 0 aliphatic rings. The Morgan fingerprint density at radius 3 is 2.28 bits per heavy atom. The van der Waals surface area contributed by atoms with Crippen molar-refractivity contribution in [3.63, 3.8) is 0 Å². The van der Waals surface area contributed by atoms with Gasteiger partial charge in [-0.05, 0) is 35.7 Å². The molecule has 1 N–H and O–H groups in total. The van der Waals surface area contributed by atoms with E-state index >= 15 is 0 Å². The van der Waals surface area contributed by atoms with Gasteiger partial charge in [-0.25, -0.2) is 0 Å². The van der Waals surface area contributed by atoms with Gasteiger partial charge in [-0.3, -0.25) is 4.79 Å². The van der Waals surface area contributed by atoms with Crippen LogP contribution < -0.4 is 10.2 Å². The summed E-state index contributed by atoms with van der Waals surface area (Å²) < 4.78 is 13.2. The zero-order valence-electron chi connectivity index (χ0n) is 16.5. The molecule has 29 heavy (non-hydrogen) atoms. The molecule has 4 rings (SSSR count).